The third-order valence-electron chi connectivity index (χ3n) is 3.93. The summed E-state index contributed by atoms with van der Waals surface area (Å²) < 4.78 is 0. The minimum Gasteiger partial charge on any atom is -0.314 e. The van der Waals surface area contributed by atoms with E-state index in [-0.39, 0.29) is 6.17 Å². The first kappa shape index (κ1) is 13.5. The van der Waals surface area contributed by atoms with Gasteiger partial charge in [-0.1, -0.05) is 31.0 Å². The number of aryl methyl sites for hydroxylation is 3. The lowest BCUT2D eigenvalue weighted by Gasteiger charge is -2.25. The van der Waals surface area contributed by atoms with Gasteiger partial charge in [-0.3, -0.25) is 5.43 Å². The van der Waals surface area contributed by atoms with Crippen LogP contribution in [0.2, 0.25) is 0 Å². The molecule has 1 heterocycles. The van der Waals surface area contributed by atoms with Gasteiger partial charge in [-0.15, -0.1) is 0 Å². The Bertz CT molecular complexity index is 403. The molecule has 1 saturated heterocycles. The highest BCUT2D eigenvalue weighted by Crippen LogP contribution is 2.32. The predicted octanol–water partition coefficient (Wildman–Crippen LogP) is 2.26. The van der Waals surface area contributed by atoms with E-state index in [1.807, 2.05) is 0 Å². The van der Waals surface area contributed by atoms with E-state index >= 15 is 0 Å². The highest BCUT2D eigenvalue weighted by Gasteiger charge is 2.35. The molecular formula is C15H25N3. The van der Waals surface area contributed by atoms with Gasteiger partial charge in [0.1, 0.15) is 0 Å². The van der Waals surface area contributed by atoms with E-state index in [1.54, 1.807) is 0 Å². The Hall–Kier alpha value is -0.900. The standard InChI is InChI=1S/C15H25N3/c1-5-6-12-14(15(16)18-17-12)13-10(3)7-9(2)8-11(13)4/h7-8,12,14-15,17-18H,5-6,16H2,1-4H3. The average molecular weight is 247 g/mol. The van der Waals surface area contributed by atoms with E-state index in [4.69, 9.17) is 5.73 Å². The molecular weight excluding hydrogens is 222 g/mol. The molecule has 0 spiro atoms. The van der Waals surface area contributed by atoms with Gasteiger partial charge in [-0.2, -0.15) is 0 Å². The molecule has 1 aromatic rings. The Labute approximate surface area is 110 Å². The highest BCUT2D eigenvalue weighted by molar-refractivity contribution is 5.42. The quantitative estimate of drug-likeness (QED) is 0.768. The summed E-state index contributed by atoms with van der Waals surface area (Å²) in [4.78, 5) is 0. The number of hydrazine groups is 1. The van der Waals surface area contributed by atoms with Crippen LogP contribution in [-0.4, -0.2) is 12.2 Å². The molecule has 0 radical (unpaired) electrons. The van der Waals surface area contributed by atoms with Crippen LogP contribution in [0, 0.1) is 20.8 Å². The van der Waals surface area contributed by atoms with E-state index in [0.29, 0.717) is 12.0 Å². The van der Waals surface area contributed by atoms with Crippen molar-refractivity contribution in [1.29, 1.82) is 0 Å². The van der Waals surface area contributed by atoms with E-state index < -0.39 is 0 Å². The molecule has 4 N–H and O–H groups in total. The topological polar surface area (TPSA) is 50.1 Å². The number of hydrogen-bond acceptors (Lipinski definition) is 3. The lowest BCUT2D eigenvalue weighted by molar-refractivity contribution is 0.483. The van der Waals surface area contributed by atoms with Gasteiger partial charge < -0.3 is 5.73 Å². The summed E-state index contributed by atoms with van der Waals surface area (Å²) in [6, 6.07) is 4.96. The SMILES string of the molecule is CCCC1NNC(N)C1c1c(C)cc(C)cc1C. The molecule has 3 unspecified atom stereocenters. The fourth-order valence-corrected chi connectivity index (χ4v) is 3.29. The Morgan fingerprint density at radius 1 is 1.11 bits per heavy atom. The predicted molar refractivity (Wildman–Crippen MR) is 76.3 cm³/mol. The van der Waals surface area contributed by atoms with Gasteiger partial charge >= 0.3 is 0 Å². The zero-order chi connectivity index (χ0) is 13.3. The summed E-state index contributed by atoms with van der Waals surface area (Å²) in [6.07, 6.45) is 2.33. The van der Waals surface area contributed by atoms with Crippen molar-refractivity contribution in [3.8, 4) is 0 Å². The monoisotopic (exact) mass is 247 g/mol. The second-order valence-corrected chi connectivity index (χ2v) is 5.55. The first-order valence-corrected chi connectivity index (χ1v) is 6.89. The first-order valence-electron chi connectivity index (χ1n) is 6.89. The van der Waals surface area contributed by atoms with Gasteiger partial charge in [0.2, 0.25) is 0 Å². The molecule has 0 amide bonds. The lowest BCUT2D eigenvalue weighted by atomic mass is 9.83. The molecule has 100 valence electrons. The van der Waals surface area contributed by atoms with Crippen LogP contribution < -0.4 is 16.6 Å². The van der Waals surface area contributed by atoms with E-state index in [2.05, 4.69) is 50.7 Å². The van der Waals surface area contributed by atoms with Gasteiger partial charge in [-0.25, -0.2) is 5.43 Å². The molecule has 2 rings (SSSR count). The number of nitrogens with two attached hydrogens (primary N) is 1. The Kier molecular flexibility index (Phi) is 4.05. The minimum absolute atomic E-state index is 0.00153. The Balaban J connectivity index is 2.40. The van der Waals surface area contributed by atoms with Crippen LogP contribution in [0.1, 0.15) is 47.9 Å². The maximum absolute atomic E-state index is 6.23. The molecule has 0 saturated carbocycles. The van der Waals surface area contributed by atoms with Gasteiger partial charge in [0.05, 0.1) is 6.17 Å². The Morgan fingerprint density at radius 3 is 2.28 bits per heavy atom. The van der Waals surface area contributed by atoms with Gasteiger partial charge in [0.25, 0.3) is 0 Å². The molecule has 3 atom stereocenters. The van der Waals surface area contributed by atoms with Crippen LogP contribution in [0.25, 0.3) is 0 Å². The average Bonchev–Trinajstić information content (AvgIpc) is 2.61. The molecule has 18 heavy (non-hydrogen) atoms. The second-order valence-electron chi connectivity index (χ2n) is 5.55. The van der Waals surface area contributed by atoms with Crippen molar-refractivity contribution in [2.45, 2.75) is 58.7 Å². The number of benzene rings is 1. The maximum Gasteiger partial charge on any atom is 0.0764 e. The van der Waals surface area contributed by atoms with Crippen molar-refractivity contribution in [3.05, 3.63) is 34.4 Å². The summed E-state index contributed by atoms with van der Waals surface area (Å²) in [5, 5.41) is 0. The smallest absolute Gasteiger partial charge is 0.0764 e. The molecule has 1 aliphatic rings. The molecule has 0 bridgehead atoms. The van der Waals surface area contributed by atoms with Crippen molar-refractivity contribution >= 4 is 0 Å². The van der Waals surface area contributed by atoms with Crippen LogP contribution in [0.3, 0.4) is 0 Å². The molecule has 1 fully saturated rings. The molecule has 3 heteroatoms. The maximum atomic E-state index is 6.23. The number of nitrogens with one attached hydrogen (secondary N) is 2. The number of rotatable bonds is 3. The van der Waals surface area contributed by atoms with Crippen LogP contribution >= 0.6 is 0 Å². The fourth-order valence-electron chi connectivity index (χ4n) is 3.29. The summed E-state index contributed by atoms with van der Waals surface area (Å²) >= 11 is 0. The third-order valence-corrected chi connectivity index (χ3v) is 3.93. The van der Waals surface area contributed by atoms with Crippen molar-refractivity contribution in [2.75, 3.05) is 0 Å². The summed E-state index contributed by atoms with van der Waals surface area (Å²) in [5.74, 6) is 0.366. The molecule has 3 nitrogen and oxygen atoms in total. The van der Waals surface area contributed by atoms with Crippen molar-refractivity contribution in [2.24, 2.45) is 5.73 Å². The number of hydrogen-bond donors (Lipinski definition) is 3. The second kappa shape index (κ2) is 5.39. The van der Waals surface area contributed by atoms with Crippen molar-refractivity contribution in [3.63, 3.8) is 0 Å². The van der Waals surface area contributed by atoms with Crippen molar-refractivity contribution < 1.29 is 0 Å². The molecule has 1 aliphatic heterocycles. The molecule has 1 aromatic carbocycles. The minimum atomic E-state index is 0.00153. The Morgan fingerprint density at radius 2 is 1.72 bits per heavy atom. The molecule has 0 aromatic heterocycles. The largest absolute Gasteiger partial charge is 0.314 e. The summed E-state index contributed by atoms with van der Waals surface area (Å²) in [7, 11) is 0. The highest BCUT2D eigenvalue weighted by atomic mass is 15.5. The van der Waals surface area contributed by atoms with Crippen LogP contribution in [0.15, 0.2) is 12.1 Å². The van der Waals surface area contributed by atoms with Crippen LogP contribution in [0.4, 0.5) is 0 Å². The van der Waals surface area contributed by atoms with Crippen LogP contribution in [0.5, 0.6) is 0 Å². The van der Waals surface area contributed by atoms with Gasteiger partial charge in [-0.05, 0) is 43.9 Å². The van der Waals surface area contributed by atoms with Gasteiger partial charge in [0.15, 0.2) is 0 Å². The zero-order valence-corrected chi connectivity index (χ0v) is 11.9. The van der Waals surface area contributed by atoms with Gasteiger partial charge in [0, 0.05) is 12.0 Å². The lowest BCUT2D eigenvalue weighted by Crippen LogP contribution is -2.38. The van der Waals surface area contributed by atoms with Crippen LogP contribution in [-0.2, 0) is 0 Å². The summed E-state index contributed by atoms with van der Waals surface area (Å²) in [5.41, 5.74) is 18.3. The zero-order valence-electron chi connectivity index (χ0n) is 11.9. The van der Waals surface area contributed by atoms with E-state index in [9.17, 15) is 0 Å². The first-order chi connectivity index (χ1) is 8.54. The fraction of sp³-hybridized carbons (Fsp3) is 0.600. The van der Waals surface area contributed by atoms with E-state index in [1.165, 1.54) is 28.7 Å². The van der Waals surface area contributed by atoms with Crippen molar-refractivity contribution in [1.82, 2.24) is 10.9 Å². The molecule has 0 aliphatic carbocycles. The third kappa shape index (κ3) is 2.44. The summed E-state index contributed by atoms with van der Waals surface area (Å²) in [6.45, 7) is 8.77. The normalized spacial score (nSPS) is 27.7. The van der Waals surface area contributed by atoms with E-state index in [0.717, 1.165) is 6.42 Å².